The molecule has 0 radical (unpaired) electrons. The van der Waals surface area contributed by atoms with Gasteiger partial charge in [-0.2, -0.15) is 4.98 Å². The van der Waals surface area contributed by atoms with E-state index in [4.69, 9.17) is 4.52 Å². The summed E-state index contributed by atoms with van der Waals surface area (Å²) in [4.78, 5) is 4.49. The molecule has 4 rings (SSSR count). The van der Waals surface area contributed by atoms with E-state index in [9.17, 15) is 8.42 Å². The zero-order valence-corrected chi connectivity index (χ0v) is 15.9. The molecule has 26 heavy (non-hydrogen) atoms. The van der Waals surface area contributed by atoms with Crippen LogP contribution in [0.4, 0.5) is 0 Å². The summed E-state index contributed by atoms with van der Waals surface area (Å²) in [5, 5.41) is 4.06. The third-order valence-corrected chi connectivity index (χ3v) is 7.01. The van der Waals surface area contributed by atoms with Crippen LogP contribution in [0.2, 0.25) is 0 Å². The fourth-order valence-corrected chi connectivity index (χ4v) is 5.28. The molecule has 1 atom stereocenters. The molecule has 1 unspecified atom stereocenters. The lowest BCUT2D eigenvalue weighted by Gasteiger charge is -2.31. The largest absolute Gasteiger partial charge is 0.339 e. The number of rotatable bonds is 6. The van der Waals surface area contributed by atoms with Gasteiger partial charge in [0.2, 0.25) is 15.9 Å². The molecule has 6 nitrogen and oxygen atoms in total. The van der Waals surface area contributed by atoms with E-state index < -0.39 is 10.0 Å². The molecule has 1 aliphatic carbocycles. The SMILES string of the molecule is Cc1cccc(CS(=O)(=O)N2CCCC(Cc3nc(C4CC4)no3)C2)c1. The Hall–Kier alpha value is -1.73. The van der Waals surface area contributed by atoms with Crippen LogP contribution in [0.1, 0.15) is 54.4 Å². The lowest BCUT2D eigenvalue weighted by molar-refractivity contribution is 0.246. The molecule has 1 aromatic carbocycles. The van der Waals surface area contributed by atoms with Crippen LogP contribution in [0.3, 0.4) is 0 Å². The number of aryl methyl sites for hydroxylation is 1. The summed E-state index contributed by atoms with van der Waals surface area (Å²) >= 11 is 0. The molecule has 0 spiro atoms. The van der Waals surface area contributed by atoms with Crippen LogP contribution in [0.25, 0.3) is 0 Å². The first-order valence-corrected chi connectivity index (χ1v) is 11.0. The first kappa shape index (κ1) is 17.7. The molecular weight excluding hydrogens is 350 g/mol. The number of aromatic nitrogens is 2. The third-order valence-electron chi connectivity index (χ3n) is 5.20. The zero-order valence-electron chi connectivity index (χ0n) is 15.1. The smallest absolute Gasteiger partial charge is 0.226 e. The molecule has 0 bridgehead atoms. The van der Waals surface area contributed by atoms with Crippen molar-refractivity contribution in [1.29, 1.82) is 0 Å². The second-order valence-electron chi connectivity index (χ2n) is 7.64. The van der Waals surface area contributed by atoms with Gasteiger partial charge < -0.3 is 4.52 Å². The predicted octanol–water partition coefficient (Wildman–Crippen LogP) is 3.04. The number of sulfonamides is 1. The minimum atomic E-state index is -3.31. The van der Waals surface area contributed by atoms with Crippen molar-refractivity contribution in [2.75, 3.05) is 13.1 Å². The first-order valence-electron chi connectivity index (χ1n) is 9.35. The van der Waals surface area contributed by atoms with Crippen LogP contribution in [-0.4, -0.2) is 36.0 Å². The van der Waals surface area contributed by atoms with Crippen LogP contribution in [0, 0.1) is 12.8 Å². The van der Waals surface area contributed by atoms with Gasteiger partial charge in [0.05, 0.1) is 5.75 Å². The summed E-state index contributed by atoms with van der Waals surface area (Å²) < 4.78 is 32.7. The summed E-state index contributed by atoms with van der Waals surface area (Å²) in [7, 11) is -3.31. The number of hydrogen-bond acceptors (Lipinski definition) is 5. The van der Waals surface area contributed by atoms with Gasteiger partial charge in [0, 0.05) is 25.4 Å². The summed E-state index contributed by atoms with van der Waals surface area (Å²) in [6.45, 7) is 3.12. The zero-order chi connectivity index (χ0) is 18.1. The van der Waals surface area contributed by atoms with Gasteiger partial charge in [-0.05, 0) is 44.1 Å². The fourth-order valence-electron chi connectivity index (χ4n) is 3.66. The fraction of sp³-hybridized carbons (Fsp3) is 0.579. The lowest BCUT2D eigenvalue weighted by Crippen LogP contribution is -2.41. The highest BCUT2D eigenvalue weighted by atomic mass is 32.2. The normalized spacial score (nSPS) is 21.8. The second kappa shape index (κ2) is 7.12. The molecule has 2 heterocycles. The quantitative estimate of drug-likeness (QED) is 0.776. The summed E-state index contributed by atoms with van der Waals surface area (Å²) in [5.74, 6) is 2.25. The minimum absolute atomic E-state index is 0.0633. The van der Waals surface area contributed by atoms with Gasteiger partial charge in [-0.15, -0.1) is 0 Å². The Kier molecular flexibility index (Phi) is 4.84. The summed E-state index contributed by atoms with van der Waals surface area (Å²) in [6, 6.07) is 7.71. The maximum atomic E-state index is 12.8. The van der Waals surface area contributed by atoms with Crippen LogP contribution in [0.15, 0.2) is 28.8 Å². The molecule has 1 saturated carbocycles. The van der Waals surface area contributed by atoms with Gasteiger partial charge in [0.1, 0.15) is 0 Å². The Morgan fingerprint density at radius 3 is 2.88 bits per heavy atom. The van der Waals surface area contributed by atoms with Gasteiger partial charge in [0.15, 0.2) is 5.82 Å². The van der Waals surface area contributed by atoms with Crippen molar-refractivity contribution < 1.29 is 12.9 Å². The van der Waals surface area contributed by atoms with Crippen LogP contribution >= 0.6 is 0 Å². The summed E-state index contributed by atoms with van der Waals surface area (Å²) in [6.07, 6.45) is 4.83. The Morgan fingerprint density at radius 1 is 1.27 bits per heavy atom. The van der Waals surface area contributed by atoms with Gasteiger partial charge >= 0.3 is 0 Å². The minimum Gasteiger partial charge on any atom is -0.339 e. The molecule has 2 aliphatic rings. The molecule has 2 fully saturated rings. The van der Waals surface area contributed by atoms with Crippen molar-refractivity contribution in [3.8, 4) is 0 Å². The molecule has 140 valence electrons. The second-order valence-corrected chi connectivity index (χ2v) is 9.61. The Morgan fingerprint density at radius 2 is 2.12 bits per heavy atom. The van der Waals surface area contributed by atoms with Crippen molar-refractivity contribution in [2.24, 2.45) is 5.92 Å². The van der Waals surface area contributed by atoms with Gasteiger partial charge in [0.25, 0.3) is 0 Å². The summed E-state index contributed by atoms with van der Waals surface area (Å²) in [5.41, 5.74) is 1.93. The molecule has 0 amide bonds. The first-order chi connectivity index (χ1) is 12.5. The number of hydrogen-bond donors (Lipinski definition) is 0. The maximum Gasteiger partial charge on any atom is 0.226 e. The predicted molar refractivity (Wildman–Crippen MR) is 98.1 cm³/mol. The van der Waals surface area contributed by atoms with Gasteiger partial charge in [-0.25, -0.2) is 12.7 Å². The monoisotopic (exact) mass is 375 g/mol. The van der Waals surface area contributed by atoms with Crippen molar-refractivity contribution >= 4 is 10.0 Å². The van der Waals surface area contributed by atoms with Crippen LogP contribution in [-0.2, 0) is 22.2 Å². The number of nitrogens with zero attached hydrogens (tertiary/aromatic N) is 3. The standard InChI is InChI=1S/C19H25N3O3S/c1-14-4-2-5-16(10-14)13-26(23,24)22-9-3-6-15(12-22)11-18-20-19(21-25-18)17-7-8-17/h2,4-5,10,15,17H,3,6-9,11-13H2,1H3. The van der Waals surface area contributed by atoms with Crippen molar-refractivity contribution in [2.45, 2.75) is 50.7 Å². The molecular formula is C19H25N3O3S. The molecule has 1 aliphatic heterocycles. The number of benzene rings is 1. The third kappa shape index (κ3) is 4.15. The van der Waals surface area contributed by atoms with E-state index in [-0.39, 0.29) is 11.7 Å². The lowest BCUT2D eigenvalue weighted by atomic mass is 9.96. The average Bonchev–Trinajstić information content (AvgIpc) is 3.35. The van der Waals surface area contributed by atoms with Crippen molar-refractivity contribution in [3.05, 3.63) is 47.1 Å². The van der Waals surface area contributed by atoms with E-state index in [1.165, 1.54) is 0 Å². The van der Waals surface area contributed by atoms with E-state index in [1.807, 2.05) is 31.2 Å². The maximum absolute atomic E-state index is 12.8. The van der Waals surface area contributed by atoms with Gasteiger partial charge in [-0.3, -0.25) is 0 Å². The molecule has 0 N–H and O–H groups in total. The number of piperidine rings is 1. The molecule has 1 aromatic heterocycles. The van der Waals surface area contributed by atoms with E-state index in [1.54, 1.807) is 4.31 Å². The molecule has 1 saturated heterocycles. The van der Waals surface area contributed by atoms with Gasteiger partial charge in [-0.1, -0.05) is 35.0 Å². The highest BCUT2D eigenvalue weighted by molar-refractivity contribution is 7.88. The highest BCUT2D eigenvalue weighted by Gasteiger charge is 2.32. The van der Waals surface area contributed by atoms with E-state index in [2.05, 4.69) is 10.1 Å². The Bertz CT molecular complexity index is 874. The van der Waals surface area contributed by atoms with E-state index in [0.717, 1.165) is 42.6 Å². The van der Waals surface area contributed by atoms with Crippen LogP contribution in [0.5, 0.6) is 0 Å². The van der Waals surface area contributed by atoms with Crippen molar-refractivity contribution in [3.63, 3.8) is 0 Å². The molecule has 7 heteroatoms. The van der Waals surface area contributed by atoms with Crippen LogP contribution < -0.4 is 0 Å². The van der Waals surface area contributed by atoms with Crippen molar-refractivity contribution in [1.82, 2.24) is 14.4 Å². The topological polar surface area (TPSA) is 76.3 Å². The molecule has 2 aromatic rings. The average molecular weight is 375 g/mol. The Balaban J connectivity index is 1.40. The Labute approximate surface area is 154 Å². The van der Waals surface area contributed by atoms with E-state index >= 15 is 0 Å². The van der Waals surface area contributed by atoms with E-state index in [0.29, 0.717) is 31.3 Å². The highest BCUT2D eigenvalue weighted by Crippen LogP contribution is 2.38.